The van der Waals surface area contributed by atoms with E-state index >= 15 is 0 Å². The molecule has 8 nitrogen and oxygen atoms in total. The number of pyridine rings is 1. The standard InChI is InChI=1S/C22H23N3O5/c1-2-30-20(27)10-12-24(15-16-6-5-11-23-14-16)19(26)9-13-25-21(28)17-7-3-4-8-18(17)22(25)29/h3-8,11,14H,2,9-10,12-13,15H2,1H3. The molecule has 0 fully saturated rings. The monoisotopic (exact) mass is 409 g/mol. The van der Waals surface area contributed by atoms with E-state index < -0.39 is 11.8 Å². The van der Waals surface area contributed by atoms with E-state index in [1.165, 1.54) is 4.90 Å². The number of rotatable bonds is 9. The zero-order valence-corrected chi connectivity index (χ0v) is 16.7. The number of esters is 1. The quantitative estimate of drug-likeness (QED) is 0.465. The maximum absolute atomic E-state index is 12.9. The molecule has 1 aromatic carbocycles. The number of benzene rings is 1. The van der Waals surface area contributed by atoms with Gasteiger partial charge < -0.3 is 9.64 Å². The Hall–Kier alpha value is -3.55. The van der Waals surface area contributed by atoms with Crippen molar-refractivity contribution in [1.29, 1.82) is 0 Å². The van der Waals surface area contributed by atoms with Crippen LogP contribution in [0.5, 0.6) is 0 Å². The summed E-state index contributed by atoms with van der Waals surface area (Å²) in [6.45, 7) is 2.42. The third-order valence-electron chi connectivity index (χ3n) is 4.77. The summed E-state index contributed by atoms with van der Waals surface area (Å²) in [4.78, 5) is 56.2. The average Bonchev–Trinajstić information content (AvgIpc) is 3.00. The third-order valence-corrected chi connectivity index (χ3v) is 4.77. The Morgan fingerprint density at radius 2 is 1.73 bits per heavy atom. The molecule has 1 aromatic heterocycles. The predicted molar refractivity (Wildman–Crippen MR) is 107 cm³/mol. The van der Waals surface area contributed by atoms with Crippen LogP contribution in [0.15, 0.2) is 48.8 Å². The molecule has 0 atom stereocenters. The third kappa shape index (κ3) is 4.89. The van der Waals surface area contributed by atoms with Crippen LogP contribution in [0.3, 0.4) is 0 Å². The number of hydrogen-bond acceptors (Lipinski definition) is 6. The normalized spacial score (nSPS) is 12.6. The summed E-state index contributed by atoms with van der Waals surface area (Å²) < 4.78 is 4.94. The van der Waals surface area contributed by atoms with E-state index in [-0.39, 0.29) is 51.0 Å². The highest BCUT2D eigenvalue weighted by molar-refractivity contribution is 6.21. The second kappa shape index (κ2) is 9.78. The second-order valence-corrected chi connectivity index (χ2v) is 6.79. The molecule has 0 spiro atoms. The highest BCUT2D eigenvalue weighted by atomic mass is 16.5. The average molecular weight is 409 g/mol. The molecule has 0 saturated carbocycles. The van der Waals surface area contributed by atoms with E-state index in [2.05, 4.69) is 4.98 Å². The molecule has 1 aliphatic rings. The molecule has 2 aromatic rings. The van der Waals surface area contributed by atoms with Crippen LogP contribution in [0.1, 0.15) is 46.0 Å². The first-order chi connectivity index (χ1) is 14.5. The van der Waals surface area contributed by atoms with Crippen molar-refractivity contribution in [1.82, 2.24) is 14.8 Å². The Bertz CT molecular complexity index is 910. The Morgan fingerprint density at radius 1 is 1.03 bits per heavy atom. The molecule has 3 amide bonds. The van der Waals surface area contributed by atoms with Crippen LogP contribution in [0.2, 0.25) is 0 Å². The zero-order chi connectivity index (χ0) is 21.5. The van der Waals surface area contributed by atoms with E-state index in [1.54, 1.807) is 49.6 Å². The molecule has 0 bridgehead atoms. The maximum Gasteiger partial charge on any atom is 0.307 e. The van der Waals surface area contributed by atoms with Gasteiger partial charge in [0.05, 0.1) is 24.2 Å². The first-order valence-electron chi connectivity index (χ1n) is 9.78. The number of carbonyl (C=O) groups is 4. The highest BCUT2D eigenvalue weighted by Crippen LogP contribution is 2.22. The number of imide groups is 1. The topological polar surface area (TPSA) is 96.9 Å². The molecule has 1 aliphatic heterocycles. The summed E-state index contributed by atoms with van der Waals surface area (Å²) in [5, 5.41) is 0. The van der Waals surface area contributed by atoms with Crippen molar-refractivity contribution in [2.75, 3.05) is 19.7 Å². The van der Waals surface area contributed by atoms with Gasteiger partial charge in [0.15, 0.2) is 0 Å². The SMILES string of the molecule is CCOC(=O)CCN(Cc1cccnc1)C(=O)CCN1C(=O)c2ccccc2C1=O. The Kier molecular flexibility index (Phi) is 6.90. The number of carbonyl (C=O) groups excluding carboxylic acids is 4. The minimum absolute atomic E-state index is 0.0197. The lowest BCUT2D eigenvalue weighted by molar-refractivity contribution is -0.144. The highest BCUT2D eigenvalue weighted by Gasteiger charge is 2.35. The molecule has 156 valence electrons. The number of amides is 3. The van der Waals surface area contributed by atoms with Gasteiger partial charge in [0.2, 0.25) is 5.91 Å². The Labute approximate surface area is 174 Å². The van der Waals surface area contributed by atoms with E-state index in [0.717, 1.165) is 10.5 Å². The smallest absolute Gasteiger partial charge is 0.307 e. The molecule has 0 unspecified atom stereocenters. The van der Waals surface area contributed by atoms with Crippen molar-refractivity contribution in [3.63, 3.8) is 0 Å². The molecule has 3 rings (SSSR count). The largest absolute Gasteiger partial charge is 0.466 e. The molecule has 2 heterocycles. The minimum Gasteiger partial charge on any atom is -0.466 e. The molecule has 0 N–H and O–H groups in total. The van der Waals surface area contributed by atoms with Gasteiger partial charge in [0.1, 0.15) is 0 Å². The van der Waals surface area contributed by atoms with Gasteiger partial charge in [-0.3, -0.25) is 29.1 Å². The minimum atomic E-state index is -0.395. The van der Waals surface area contributed by atoms with Gasteiger partial charge in [0, 0.05) is 38.4 Å². The van der Waals surface area contributed by atoms with Gasteiger partial charge in [-0.15, -0.1) is 0 Å². The first-order valence-corrected chi connectivity index (χ1v) is 9.78. The molecule has 0 saturated heterocycles. The molecular formula is C22H23N3O5. The van der Waals surface area contributed by atoms with Crippen LogP contribution in [0, 0.1) is 0 Å². The lowest BCUT2D eigenvalue weighted by Gasteiger charge is -2.23. The van der Waals surface area contributed by atoms with Crippen molar-refractivity contribution >= 4 is 23.7 Å². The summed E-state index contributed by atoms with van der Waals surface area (Å²) in [5.41, 5.74) is 1.52. The fourth-order valence-electron chi connectivity index (χ4n) is 3.27. The van der Waals surface area contributed by atoms with Gasteiger partial charge in [-0.05, 0) is 30.7 Å². The molecule has 0 aliphatic carbocycles. The lowest BCUT2D eigenvalue weighted by atomic mass is 10.1. The number of hydrogen-bond donors (Lipinski definition) is 0. The Balaban J connectivity index is 1.64. The molecule has 8 heteroatoms. The molecular weight excluding hydrogens is 386 g/mol. The summed E-state index contributed by atoms with van der Waals surface area (Å²) in [5.74, 6) is -1.44. The summed E-state index contributed by atoms with van der Waals surface area (Å²) >= 11 is 0. The van der Waals surface area contributed by atoms with E-state index in [4.69, 9.17) is 4.74 Å². The number of aromatic nitrogens is 1. The van der Waals surface area contributed by atoms with Crippen LogP contribution >= 0.6 is 0 Å². The number of ether oxygens (including phenoxy) is 1. The predicted octanol–water partition coefficient (Wildman–Crippen LogP) is 2.05. The van der Waals surface area contributed by atoms with E-state index in [9.17, 15) is 19.2 Å². The lowest BCUT2D eigenvalue weighted by Crippen LogP contribution is -2.37. The first kappa shape index (κ1) is 21.2. The van der Waals surface area contributed by atoms with Crippen molar-refractivity contribution in [3.05, 3.63) is 65.5 Å². The number of fused-ring (bicyclic) bond motifs is 1. The fourth-order valence-corrected chi connectivity index (χ4v) is 3.27. The van der Waals surface area contributed by atoms with Gasteiger partial charge >= 0.3 is 5.97 Å². The van der Waals surface area contributed by atoms with Crippen LogP contribution in [0.25, 0.3) is 0 Å². The van der Waals surface area contributed by atoms with Crippen LogP contribution in [0.4, 0.5) is 0 Å². The zero-order valence-electron chi connectivity index (χ0n) is 16.7. The van der Waals surface area contributed by atoms with Crippen molar-refractivity contribution in [2.24, 2.45) is 0 Å². The maximum atomic E-state index is 12.9. The van der Waals surface area contributed by atoms with Crippen LogP contribution in [-0.2, 0) is 20.9 Å². The summed E-state index contributed by atoms with van der Waals surface area (Å²) in [7, 11) is 0. The number of nitrogens with zero attached hydrogens (tertiary/aromatic N) is 3. The van der Waals surface area contributed by atoms with Gasteiger partial charge in [-0.1, -0.05) is 18.2 Å². The fraction of sp³-hybridized carbons (Fsp3) is 0.318. The van der Waals surface area contributed by atoms with Crippen molar-refractivity contribution < 1.29 is 23.9 Å². The Morgan fingerprint density at radius 3 is 2.33 bits per heavy atom. The summed E-state index contributed by atoms with van der Waals surface area (Å²) in [6, 6.07) is 10.2. The van der Waals surface area contributed by atoms with Crippen LogP contribution in [-0.4, -0.2) is 58.2 Å². The van der Waals surface area contributed by atoms with Gasteiger partial charge in [-0.2, -0.15) is 0 Å². The molecule has 0 radical (unpaired) electrons. The second-order valence-electron chi connectivity index (χ2n) is 6.79. The van der Waals surface area contributed by atoms with Gasteiger partial charge in [0.25, 0.3) is 11.8 Å². The van der Waals surface area contributed by atoms with E-state index in [1.807, 2.05) is 6.07 Å². The molecule has 30 heavy (non-hydrogen) atoms. The van der Waals surface area contributed by atoms with Gasteiger partial charge in [-0.25, -0.2) is 0 Å². The van der Waals surface area contributed by atoms with Crippen molar-refractivity contribution in [3.8, 4) is 0 Å². The van der Waals surface area contributed by atoms with E-state index in [0.29, 0.717) is 11.1 Å². The van der Waals surface area contributed by atoms with Crippen molar-refractivity contribution in [2.45, 2.75) is 26.3 Å². The van der Waals surface area contributed by atoms with Crippen LogP contribution < -0.4 is 0 Å². The summed E-state index contributed by atoms with van der Waals surface area (Å²) in [6.07, 6.45) is 3.31.